The van der Waals surface area contributed by atoms with Crippen molar-refractivity contribution in [2.75, 3.05) is 54.4 Å². The summed E-state index contributed by atoms with van der Waals surface area (Å²) in [6.07, 6.45) is 14.2. The molecule has 3 atom stereocenters. The lowest BCUT2D eigenvalue weighted by Crippen LogP contribution is -2.70. The van der Waals surface area contributed by atoms with Gasteiger partial charge in [0.25, 0.3) is 5.91 Å². The van der Waals surface area contributed by atoms with E-state index in [0.29, 0.717) is 83.9 Å². The van der Waals surface area contributed by atoms with Gasteiger partial charge in [0, 0.05) is 80.9 Å². The van der Waals surface area contributed by atoms with Crippen molar-refractivity contribution in [2.45, 2.75) is 75.2 Å². The molecule has 0 spiro atoms. The van der Waals surface area contributed by atoms with Crippen molar-refractivity contribution >= 4 is 40.4 Å². The van der Waals surface area contributed by atoms with Crippen LogP contribution in [0.1, 0.15) is 66.9 Å². The number of nitriles is 1. The third-order valence-electron chi connectivity index (χ3n) is 14.2. The number of hydrogen-bond donors (Lipinski definition) is 2. The summed E-state index contributed by atoms with van der Waals surface area (Å²) in [4.78, 5) is 55.0. The number of hydrogen-bond acceptors (Lipinski definition) is 12. The van der Waals surface area contributed by atoms with Crippen molar-refractivity contribution < 1.29 is 27.6 Å². The van der Waals surface area contributed by atoms with Gasteiger partial charge in [0.15, 0.2) is 0 Å². The first-order valence-electron chi connectivity index (χ1n) is 22.8. The number of imide groups is 1. The van der Waals surface area contributed by atoms with E-state index in [0.717, 1.165) is 62.9 Å². The molecule has 9 heterocycles. The van der Waals surface area contributed by atoms with Gasteiger partial charge in [-0.1, -0.05) is 6.07 Å². The molecule has 1 aliphatic carbocycles. The Kier molecular flexibility index (Phi) is 10.8. The Hall–Kier alpha value is -7.33. The number of carbonyl (C=O) groups is 3. The maximum absolute atomic E-state index is 15.4. The van der Waals surface area contributed by atoms with E-state index in [-0.39, 0.29) is 36.3 Å². The maximum Gasteiger partial charge on any atom is 0.260 e. The molecule has 1 saturated carbocycles. The van der Waals surface area contributed by atoms with Crippen LogP contribution in [0.5, 0.6) is 0 Å². The molecule has 67 heavy (non-hydrogen) atoms. The molecule has 2 aromatic carbocycles. The number of aromatic nitrogens is 6. The fourth-order valence-corrected chi connectivity index (χ4v) is 10.7. The molecular weight excluding hydrogens is 864 g/mol. The number of piperazine rings is 2. The molecule has 5 aliphatic heterocycles. The summed E-state index contributed by atoms with van der Waals surface area (Å²) >= 11 is 0. The first-order valence-corrected chi connectivity index (χ1v) is 22.8. The molecule has 12 rings (SSSR count). The van der Waals surface area contributed by atoms with Gasteiger partial charge in [0.2, 0.25) is 11.8 Å². The number of rotatable bonds is 9. The zero-order chi connectivity index (χ0) is 45.9. The van der Waals surface area contributed by atoms with Gasteiger partial charge in [0.1, 0.15) is 52.0 Å². The largest absolute Gasteiger partial charge is 0.374 e. The van der Waals surface area contributed by atoms with Crippen LogP contribution in [-0.2, 0) is 9.59 Å². The van der Waals surface area contributed by atoms with Crippen molar-refractivity contribution in [2.24, 2.45) is 0 Å². The summed E-state index contributed by atoms with van der Waals surface area (Å²) < 4.78 is 48.0. The van der Waals surface area contributed by atoms with E-state index in [4.69, 9.17) is 15.1 Å². The third-order valence-corrected chi connectivity index (χ3v) is 14.2. The van der Waals surface area contributed by atoms with E-state index in [2.05, 4.69) is 36.5 Å². The molecule has 6 fully saturated rings. The van der Waals surface area contributed by atoms with Crippen LogP contribution in [0.3, 0.4) is 0 Å². The van der Waals surface area contributed by atoms with Crippen LogP contribution in [0.25, 0.3) is 28.0 Å². The number of fused-ring (bicyclic) bond motifs is 3. The number of amides is 3. The first-order chi connectivity index (χ1) is 32.6. The van der Waals surface area contributed by atoms with E-state index < -0.39 is 35.1 Å². The predicted octanol–water partition coefficient (Wildman–Crippen LogP) is 5.57. The lowest BCUT2D eigenvalue weighted by molar-refractivity contribution is -0.133. The average Bonchev–Trinajstić information content (AvgIpc) is 4.01. The van der Waals surface area contributed by atoms with Gasteiger partial charge in [-0.05, 0) is 81.0 Å². The minimum Gasteiger partial charge on any atom is -0.374 e. The van der Waals surface area contributed by atoms with Crippen LogP contribution in [-0.4, -0.2) is 120 Å². The first kappa shape index (κ1) is 42.3. The maximum atomic E-state index is 15.4. The highest BCUT2D eigenvalue weighted by Crippen LogP contribution is 2.38. The van der Waals surface area contributed by atoms with Gasteiger partial charge in [0.05, 0.1) is 53.8 Å². The van der Waals surface area contributed by atoms with Crippen molar-refractivity contribution in [3.05, 3.63) is 108 Å². The summed E-state index contributed by atoms with van der Waals surface area (Å²) in [5, 5.41) is 24.7. The molecule has 0 radical (unpaired) electrons. The molecule has 6 aromatic rings. The van der Waals surface area contributed by atoms with Crippen LogP contribution in [0, 0.1) is 28.8 Å². The van der Waals surface area contributed by atoms with Crippen LogP contribution in [0.4, 0.5) is 30.4 Å². The van der Waals surface area contributed by atoms with E-state index >= 15 is 4.39 Å². The number of nitrogens with one attached hydrogen (secondary N) is 2. The minimum atomic E-state index is -0.865. The quantitative estimate of drug-likeness (QED) is 0.173. The molecule has 5 saturated heterocycles. The molecule has 19 heteroatoms. The van der Waals surface area contributed by atoms with Crippen LogP contribution < -0.4 is 20.4 Å². The highest BCUT2D eigenvalue weighted by Gasteiger charge is 2.48. The Bertz CT molecular complexity index is 2920. The second-order valence-corrected chi connectivity index (χ2v) is 18.1. The van der Waals surface area contributed by atoms with Crippen LogP contribution in [0.2, 0.25) is 0 Å². The molecule has 3 amide bonds. The Morgan fingerprint density at radius 3 is 2.25 bits per heavy atom. The molecule has 2 N–H and O–H groups in total. The molecule has 6 aliphatic rings. The Balaban J connectivity index is 0.718. The number of anilines is 3. The van der Waals surface area contributed by atoms with E-state index in [1.165, 1.54) is 18.3 Å². The van der Waals surface area contributed by atoms with Crippen molar-refractivity contribution in [3.8, 4) is 28.6 Å². The zero-order valence-corrected chi connectivity index (χ0v) is 36.4. The highest BCUT2D eigenvalue weighted by molar-refractivity contribution is 6.01. The average molecular weight is 910 g/mol. The number of piperidine rings is 2. The molecule has 4 aromatic heterocycles. The van der Waals surface area contributed by atoms with Crippen molar-refractivity contribution in [1.29, 1.82) is 5.26 Å². The number of halogens is 3. The molecule has 0 unspecified atom stereocenters. The monoisotopic (exact) mass is 909 g/mol. The number of nitrogens with zero attached hydrogens (tertiary/aromatic N) is 11. The van der Waals surface area contributed by atoms with Crippen molar-refractivity contribution in [3.63, 3.8) is 0 Å². The fraction of sp³-hybridized carbons (Fsp3) is 0.375. The summed E-state index contributed by atoms with van der Waals surface area (Å²) in [5.41, 5.74) is 4.15. The molecular formula is C48H46F3N13O3. The SMILES string of the molecule is N#Cc1cnn2cc(-c3cnn(C4CCC(N5CCN(c6ccc(N[C@@H]7CCC(=O)NC7=O)cc6F)CC5)CC4)c3)nc(-c3ccc(N4C[C@@H]5C[C@@H](C4)N5C(=O)c4c(F)cccc4F)nc3)c12. The second kappa shape index (κ2) is 17.1. The second-order valence-electron chi connectivity index (χ2n) is 18.1. The van der Waals surface area contributed by atoms with Gasteiger partial charge in [-0.15, -0.1) is 0 Å². The Morgan fingerprint density at radius 2 is 1.55 bits per heavy atom. The minimum absolute atomic E-state index is 0.197. The summed E-state index contributed by atoms with van der Waals surface area (Å²) in [6, 6.07) is 14.1. The Morgan fingerprint density at radius 1 is 0.791 bits per heavy atom. The molecule has 16 nitrogen and oxygen atoms in total. The van der Waals surface area contributed by atoms with Gasteiger partial charge in [-0.3, -0.25) is 29.3 Å². The predicted molar refractivity (Wildman–Crippen MR) is 240 cm³/mol. The summed E-state index contributed by atoms with van der Waals surface area (Å²) in [7, 11) is 0. The standard InChI is InChI=1S/C48H46F3N13O3/c49-36-2-1-3-37(50)44(36)48(67)64-34-19-35(64)26-61(25-34)42-12-4-28(21-53-42)45-46-29(20-52)22-55-63(46)27-40(57-45)30-23-54-62(24-30)33-8-6-32(7-9-33)59-14-16-60(17-15-59)41-11-5-31(18-38(41)51)56-39-10-13-43(65)58-47(39)66/h1-5,11-12,18,21-24,27,32-35,39,56H,6-10,13-17,19,25-26H2,(H,58,65,66)/t32?,33?,34-,35-,39+/m0/s1. The van der Waals surface area contributed by atoms with Gasteiger partial charge in [-0.25, -0.2) is 27.7 Å². The summed E-state index contributed by atoms with van der Waals surface area (Å²) in [5.74, 6) is -2.70. The number of carbonyl (C=O) groups excluding carboxylic acids is 3. The third kappa shape index (κ3) is 7.88. The fourth-order valence-electron chi connectivity index (χ4n) is 10.7. The summed E-state index contributed by atoms with van der Waals surface area (Å²) in [6.45, 7) is 4.01. The van der Waals surface area contributed by atoms with Crippen LogP contribution in [0.15, 0.2) is 79.5 Å². The topological polar surface area (TPSA) is 173 Å². The number of benzene rings is 2. The van der Waals surface area contributed by atoms with Crippen LogP contribution >= 0.6 is 0 Å². The molecule has 2 bridgehead atoms. The van der Waals surface area contributed by atoms with E-state index in [1.807, 2.05) is 29.2 Å². The lowest BCUT2D eigenvalue weighted by Gasteiger charge is -2.56. The lowest BCUT2D eigenvalue weighted by atomic mass is 9.86. The number of pyridine rings is 1. The van der Waals surface area contributed by atoms with Gasteiger partial charge in [-0.2, -0.15) is 15.5 Å². The highest BCUT2D eigenvalue weighted by atomic mass is 19.1. The zero-order valence-electron chi connectivity index (χ0n) is 36.4. The smallest absolute Gasteiger partial charge is 0.260 e. The molecule has 342 valence electrons. The Labute approximate surface area is 383 Å². The van der Waals surface area contributed by atoms with Gasteiger partial charge >= 0.3 is 0 Å². The van der Waals surface area contributed by atoms with E-state index in [1.54, 1.807) is 33.9 Å². The van der Waals surface area contributed by atoms with E-state index in [9.17, 15) is 28.4 Å². The normalized spacial score (nSPS) is 23.2. The van der Waals surface area contributed by atoms with Crippen molar-refractivity contribution in [1.82, 2.24) is 44.5 Å². The van der Waals surface area contributed by atoms with Gasteiger partial charge < -0.3 is 20.0 Å².